The first-order valence-corrected chi connectivity index (χ1v) is 7.26. The third-order valence-electron chi connectivity index (χ3n) is 3.57. The Morgan fingerprint density at radius 3 is 3.00 bits per heavy atom. The molecule has 1 aliphatic heterocycles. The summed E-state index contributed by atoms with van der Waals surface area (Å²) in [4.78, 5) is 2.45. The Morgan fingerprint density at radius 2 is 2.28 bits per heavy atom. The molecule has 1 heterocycles. The fraction of sp³-hybridized carbons (Fsp3) is 0.571. The lowest BCUT2D eigenvalue weighted by Crippen LogP contribution is -2.53. The molecule has 0 aliphatic carbocycles. The number of benzene rings is 1. The maximum Gasteiger partial charge on any atom is 0.137 e. The second-order valence-electron chi connectivity index (χ2n) is 5.20. The zero-order chi connectivity index (χ0) is 13.1. The van der Waals surface area contributed by atoms with Crippen LogP contribution >= 0.6 is 15.9 Å². The zero-order valence-electron chi connectivity index (χ0n) is 10.9. The summed E-state index contributed by atoms with van der Waals surface area (Å²) in [5.74, 6) is 0.425. The summed E-state index contributed by atoms with van der Waals surface area (Å²) >= 11 is 3.35. The van der Waals surface area contributed by atoms with Gasteiger partial charge in [-0.2, -0.15) is 0 Å². The molecule has 0 bridgehead atoms. The van der Waals surface area contributed by atoms with Crippen LogP contribution in [0.25, 0.3) is 0 Å². The van der Waals surface area contributed by atoms with Gasteiger partial charge in [0.15, 0.2) is 0 Å². The Bertz CT molecular complexity index is 409. The molecule has 1 N–H and O–H groups in total. The van der Waals surface area contributed by atoms with Crippen molar-refractivity contribution >= 4 is 15.9 Å². The van der Waals surface area contributed by atoms with Crippen molar-refractivity contribution in [2.75, 3.05) is 19.6 Å². The summed E-state index contributed by atoms with van der Waals surface area (Å²) < 4.78 is 14.1. The maximum absolute atomic E-state index is 13.5. The zero-order valence-corrected chi connectivity index (χ0v) is 12.5. The van der Waals surface area contributed by atoms with Crippen molar-refractivity contribution in [2.45, 2.75) is 26.4 Å². The molecule has 0 aromatic heterocycles. The fourth-order valence-electron chi connectivity index (χ4n) is 2.51. The van der Waals surface area contributed by atoms with Crippen LogP contribution in [0.1, 0.15) is 19.4 Å². The first-order chi connectivity index (χ1) is 8.59. The van der Waals surface area contributed by atoms with Crippen LogP contribution in [0.3, 0.4) is 0 Å². The van der Waals surface area contributed by atoms with Gasteiger partial charge in [-0.15, -0.1) is 0 Å². The van der Waals surface area contributed by atoms with Gasteiger partial charge in [0.1, 0.15) is 5.82 Å². The minimum absolute atomic E-state index is 0.177. The third-order valence-corrected chi connectivity index (χ3v) is 4.46. The predicted octanol–water partition coefficient (Wildman–Crippen LogP) is 3.02. The van der Waals surface area contributed by atoms with E-state index in [0.717, 1.165) is 31.7 Å². The molecule has 2 rings (SSSR count). The number of rotatable bonds is 3. The molecular weight excluding hydrogens is 295 g/mol. The molecule has 1 aromatic carbocycles. The molecule has 0 saturated carbocycles. The number of hydrogen-bond acceptors (Lipinski definition) is 2. The summed E-state index contributed by atoms with van der Waals surface area (Å²) in [7, 11) is 0. The SMILES string of the molecule is CC(C)C1CNCCN1Cc1cccc(F)c1Br. The smallest absolute Gasteiger partial charge is 0.137 e. The van der Waals surface area contributed by atoms with Gasteiger partial charge in [-0.25, -0.2) is 4.39 Å². The van der Waals surface area contributed by atoms with E-state index in [1.54, 1.807) is 6.07 Å². The van der Waals surface area contributed by atoms with Gasteiger partial charge in [0, 0.05) is 32.2 Å². The molecule has 1 saturated heterocycles. The molecule has 4 heteroatoms. The van der Waals surface area contributed by atoms with Crippen molar-refractivity contribution in [3.63, 3.8) is 0 Å². The van der Waals surface area contributed by atoms with Crippen molar-refractivity contribution in [1.29, 1.82) is 0 Å². The first-order valence-electron chi connectivity index (χ1n) is 6.47. The second-order valence-corrected chi connectivity index (χ2v) is 5.99. The Labute approximate surface area is 117 Å². The minimum Gasteiger partial charge on any atom is -0.314 e. The quantitative estimate of drug-likeness (QED) is 0.922. The number of nitrogens with one attached hydrogen (secondary N) is 1. The molecule has 18 heavy (non-hydrogen) atoms. The van der Waals surface area contributed by atoms with Crippen LogP contribution in [0.15, 0.2) is 22.7 Å². The van der Waals surface area contributed by atoms with Crippen LogP contribution in [-0.4, -0.2) is 30.6 Å². The largest absolute Gasteiger partial charge is 0.314 e. The van der Waals surface area contributed by atoms with Gasteiger partial charge in [0.05, 0.1) is 4.47 Å². The third kappa shape index (κ3) is 3.11. The van der Waals surface area contributed by atoms with Crippen LogP contribution in [-0.2, 0) is 6.54 Å². The van der Waals surface area contributed by atoms with Crippen molar-refractivity contribution in [1.82, 2.24) is 10.2 Å². The van der Waals surface area contributed by atoms with Gasteiger partial charge < -0.3 is 5.32 Å². The molecule has 0 amide bonds. The van der Waals surface area contributed by atoms with Gasteiger partial charge in [0.25, 0.3) is 0 Å². The summed E-state index contributed by atoms with van der Waals surface area (Å²) in [5.41, 5.74) is 1.03. The van der Waals surface area contributed by atoms with Gasteiger partial charge in [-0.05, 0) is 33.5 Å². The lowest BCUT2D eigenvalue weighted by Gasteiger charge is -2.38. The molecule has 100 valence electrons. The van der Waals surface area contributed by atoms with Crippen LogP contribution < -0.4 is 5.32 Å². The summed E-state index contributed by atoms with van der Waals surface area (Å²) in [5, 5.41) is 3.43. The highest BCUT2D eigenvalue weighted by Crippen LogP contribution is 2.24. The molecule has 1 fully saturated rings. The van der Waals surface area contributed by atoms with Gasteiger partial charge >= 0.3 is 0 Å². The Balaban J connectivity index is 2.13. The van der Waals surface area contributed by atoms with E-state index < -0.39 is 0 Å². The van der Waals surface area contributed by atoms with Crippen LogP contribution in [0, 0.1) is 11.7 Å². The molecule has 2 nitrogen and oxygen atoms in total. The summed E-state index contributed by atoms with van der Waals surface area (Å²) in [6.45, 7) is 8.34. The number of halogens is 2. The van der Waals surface area contributed by atoms with E-state index in [-0.39, 0.29) is 5.82 Å². The number of nitrogens with zero attached hydrogens (tertiary/aromatic N) is 1. The van der Waals surface area contributed by atoms with Crippen molar-refractivity contribution in [2.24, 2.45) is 5.92 Å². The number of piperazine rings is 1. The van der Waals surface area contributed by atoms with E-state index >= 15 is 0 Å². The second kappa shape index (κ2) is 6.13. The predicted molar refractivity (Wildman–Crippen MR) is 76.0 cm³/mol. The highest BCUT2D eigenvalue weighted by Gasteiger charge is 2.25. The lowest BCUT2D eigenvalue weighted by atomic mass is 10.00. The Hall–Kier alpha value is -0.450. The minimum atomic E-state index is -0.177. The monoisotopic (exact) mass is 314 g/mol. The molecule has 0 spiro atoms. The van der Waals surface area contributed by atoms with E-state index in [0.29, 0.717) is 16.4 Å². The molecule has 1 atom stereocenters. The van der Waals surface area contributed by atoms with Crippen molar-refractivity contribution in [3.8, 4) is 0 Å². The highest BCUT2D eigenvalue weighted by atomic mass is 79.9. The molecular formula is C14H20BrFN2. The Kier molecular flexibility index (Phi) is 4.76. The van der Waals surface area contributed by atoms with Crippen LogP contribution in [0.5, 0.6) is 0 Å². The molecule has 0 radical (unpaired) electrons. The number of hydrogen-bond donors (Lipinski definition) is 1. The topological polar surface area (TPSA) is 15.3 Å². The lowest BCUT2D eigenvalue weighted by molar-refractivity contribution is 0.117. The van der Waals surface area contributed by atoms with E-state index in [4.69, 9.17) is 0 Å². The average molecular weight is 315 g/mol. The average Bonchev–Trinajstić information content (AvgIpc) is 2.35. The normalized spacial score (nSPS) is 21.5. The van der Waals surface area contributed by atoms with Crippen LogP contribution in [0.2, 0.25) is 0 Å². The fourth-order valence-corrected chi connectivity index (χ4v) is 2.90. The van der Waals surface area contributed by atoms with Gasteiger partial charge in [-0.3, -0.25) is 4.90 Å². The highest BCUT2D eigenvalue weighted by molar-refractivity contribution is 9.10. The van der Waals surface area contributed by atoms with E-state index in [9.17, 15) is 4.39 Å². The van der Waals surface area contributed by atoms with Gasteiger partial charge in [0.2, 0.25) is 0 Å². The van der Waals surface area contributed by atoms with Gasteiger partial charge in [-0.1, -0.05) is 26.0 Å². The summed E-state index contributed by atoms with van der Waals surface area (Å²) in [6.07, 6.45) is 0. The van der Waals surface area contributed by atoms with Crippen molar-refractivity contribution < 1.29 is 4.39 Å². The van der Waals surface area contributed by atoms with Crippen molar-refractivity contribution in [3.05, 3.63) is 34.1 Å². The molecule has 1 unspecified atom stereocenters. The van der Waals surface area contributed by atoms with Crippen LogP contribution in [0.4, 0.5) is 4.39 Å². The molecule has 1 aromatic rings. The van der Waals surface area contributed by atoms with E-state index in [1.807, 2.05) is 6.07 Å². The van der Waals surface area contributed by atoms with E-state index in [2.05, 4.69) is 40.0 Å². The standard InChI is InChI=1S/C14H20BrFN2/c1-10(2)13-8-17-6-7-18(13)9-11-4-3-5-12(16)14(11)15/h3-5,10,13,17H,6-9H2,1-2H3. The first kappa shape index (κ1) is 14.0. The van der Waals surface area contributed by atoms with E-state index in [1.165, 1.54) is 6.07 Å². The molecule has 1 aliphatic rings. The maximum atomic E-state index is 13.5. The Morgan fingerprint density at radius 1 is 1.50 bits per heavy atom. The summed E-state index contributed by atoms with van der Waals surface area (Å²) in [6, 6.07) is 5.79.